The van der Waals surface area contributed by atoms with E-state index in [9.17, 15) is 0 Å². The zero-order valence-electron chi connectivity index (χ0n) is 17.8. The van der Waals surface area contributed by atoms with Crippen molar-refractivity contribution >= 4 is 46.0 Å². The molecule has 29 heavy (non-hydrogen) atoms. The number of benzene rings is 2. The molecule has 4 N–H and O–H groups in total. The van der Waals surface area contributed by atoms with Crippen molar-refractivity contribution in [3.63, 3.8) is 0 Å². The average Bonchev–Trinajstić information content (AvgIpc) is 2.67. The second-order valence-corrected chi connectivity index (χ2v) is 8.17. The van der Waals surface area contributed by atoms with Crippen LogP contribution in [0.15, 0.2) is 36.4 Å². The Labute approximate surface area is 185 Å². The first-order chi connectivity index (χ1) is 13.9. The van der Waals surface area contributed by atoms with Crippen molar-refractivity contribution in [1.82, 2.24) is 10.6 Å². The summed E-state index contributed by atoms with van der Waals surface area (Å²) in [4.78, 5) is 0. The van der Waals surface area contributed by atoms with E-state index in [0.717, 1.165) is 43.7 Å². The Morgan fingerprint density at radius 3 is 1.31 bits per heavy atom. The summed E-state index contributed by atoms with van der Waals surface area (Å²) in [5.74, 6) is 0. The predicted octanol–water partition coefficient (Wildman–Crippen LogP) is 5.36. The van der Waals surface area contributed by atoms with E-state index in [1.165, 1.54) is 22.3 Å². The summed E-state index contributed by atoms with van der Waals surface area (Å²) in [6.45, 7) is 10.1. The molecule has 156 valence electrons. The van der Waals surface area contributed by atoms with Gasteiger partial charge in [0.25, 0.3) is 0 Å². The van der Waals surface area contributed by atoms with Gasteiger partial charge in [-0.05, 0) is 93.6 Å². The van der Waals surface area contributed by atoms with Gasteiger partial charge in [0.05, 0.1) is 0 Å². The van der Waals surface area contributed by atoms with Crippen LogP contribution >= 0.6 is 24.4 Å². The molecule has 0 unspecified atom stereocenters. The van der Waals surface area contributed by atoms with Crippen molar-refractivity contribution < 1.29 is 0 Å². The summed E-state index contributed by atoms with van der Waals surface area (Å²) in [5.41, 5.74) is 6.99. The van der Waals surface area contributed by atoms with Crippen molar-refractivity contribution in [2.75, 3.05) is 23.7 Å². The highest BCUT2D eigenvalue weighted by Gasteiger charge is 2.05. The number of thiocarbonyl (C=S) groups is 2. The Bertz CT molecular complexity index is 739. The third-order valence-electron chi connectivity index (χ3n) is 4.86. The fraction of sp³-hybridized carbons (Fsp3) is 0.391. The first kappa shape index (κ1) is 23.1. The van der Waals surface area contributed by atoms with Gasteiger partial charge < -0.3 is 21.3 Å². The first-order valence-corrected chi connectivity index (χ1v) is 10.9. The molecule has 0 aliphatic carbocycles. The third kappa shape index (κ3) is 7.63. The van der Waals surface area contributed by atoms with E-state index < -0.39 is 0 Å². The summed E-state index contributed by atoms with van der Waals surface area (Å²) >= 11 is 10.8. The summed E-state index contributed by atoms with van der Waals surface area (Å²) in [5, 5.41) is 14.6. The molecular formula is C23H32N4S2. The minimum atomic E-state index is 0.680. The van der Waals surface area contributed by atoms with Crippen LogP contribution in [0.4, 0.5) is 11.4 Å². The first-order valence-electron chi connectivity index (χ1n) is 10.1. The van der Waals surface area contributed by atoms with Gasteiger partial charge in [0.15, 0.2) is 10.2 Å². The predicted molar refractivity (Wildman–Crippen MR) is 134 cm³/mol. The minimum Gasteiger partial charge on any atom is -0.362 e. The van der Waals surface area contributed by atoms with Crippen LogP contribution in [0.5, 0.6) is 0 Å². The van der Waals surface area contributed by atoms with E-state index in [0.29, 0.717) is 10.2 Å². The lowest BCUT2D eigenvalue weighted by Gasteiger charge is -2.15. The molecule has 0 radical (unpaired) electrons. The average molecular weight is 429 g/mol. The smallest absolute Gasteiger partial charge is 0.170 e. The Hall–Kier alpha value is -2.18. The number of anilines is 2. The van der Waals surface area contributed by atoms with Crippen LogP contribution in [-0.2, 0) is 0 Å². The number of para-hydroxylation sites is 2. The molecule has 2 rings (SSSR count). The van der Waals surface area contributed by atoms with Crippen LogP contribution in [0.2, 0.25) is 0 Å². The van der Waals surface area contributed by atoms with E-state index in [4.69, 9.17) is 24.4 Å². The maximum atomic E-state index is 5.41. The van der Waals surface area contributed by atoms with Crippen LogP contribution in [-0.4, -0.2) is 23.3 Å². The second-order valence-electron chi connectivity index (χ2n) is 7.36. The Morgan fingerprint density at radius 2 is 0.966 bits per heavy atom. The lowest BCUT2D eigenvalue weighted by Crippen LogP contribution is -2.31. The van der Waals surface area contributed by atoms with Crippen LogP contribution in [0.3, 0.4) is 0 Å². The van der Waals surface area contributed by atoms with E-state index in [1.807, 2.05) is 0 Å². The van der Waals surface area contributed by atoms with Gasteiger partial charge in [0.1, 0.15) is 0 Å². The van der Waals surface area contributed by atoms with E-state index >= 15 is 0 Å². The standard InChI is InChI=1S/C23H32N4S2/c1-16-10-8-11-17(2)20(16)26-22(28)24-14-6-5-7-15-25-23(29)27-21-18(3)12-9-13-19(21)4/h8-13H,5-7,14-15H2,1-4H3,(H2,24,26,28)(H2,25,27,29). The monoisotopic (exact) mass is 428 g/mol. The molecule has 0 aliphatic heterocycles. The molecule has 0 spiro atoms. The largest absolute Gasteiger partial charge is 0.362 e. The molecule has 2 aromatic carbocycles. The number of aryl methyl sites for hydroxylation is 4. The Morgan fingerprint density at radius 1 is 0.621 bits per heavy atom. The molecule has 0 aliphatic rings. The van der Waals surface area contributed by atoms with Gasteiger partial charge in [-0.3, -0.25) is 0 Å². The molecule has 4 nitrogen and oxygen atoms in total. The lowest BCUT2D eigenvalue weighted by molar-refractivity contribution is 0.655. The maximum absolute atomic E-state index is 5.41. The molecule has 0 bridgehead atoms. The normalized spacial score (nSPS) is 10.3. The van der Waals surface area contributed by atoms with E-state index in [-0.39, 0.29) is 0 Å². The molecule has 6 heteroatoms. The fourth-order valence-corrected chi connectivity index (χ4v) is 3.58. The number of hydrogen-bond donors (Lipinski definition) is 4. The molecule has 0 saturated heterocycles. The topological polar surface area (TPSA) is 48.1 Å². The molecule has 0 atom stereocenters. The van der Waals surface area contributed by atoms with Gasteiger partial charge >= 0.3 is 0 Å². The number of nitrogens with one attached hydrogen (secondary N) is 4. The van der Waals surface area contributed by atoms with Crippen LogP contribution in [0, 0.1) is 27.7 Å². The van der Waals surface area contributed by atoms with Crippen molar-refractivity contribution in [3.8, 4) is 0 Å². The van der Waals surface area contributed by atoms with Crippen molar-refractivity contribution in [1.29, 1.82) is 0 Å². The van der Waals surface area contributed by atoms with Gasteiger partial charge in [-0.15, -0.1) is 0 Å². The SMILES string of the molecule is Cc1cccc(C)c1NC(=S)NCCCCCNC(=S)Nc1c(C)cccc1C. The molecule has 0 heterocycles. The molecular weight excluding hydrogens is 396 g/mol. The highest BCUT2D eigenvalue weighted by molar-refractivity contribution is 7.80. The van der Waals surface area contributed by atoms with E-state index in [1.54, 1.807) is 0 Å². The third-order valence-corrected chi connectivity index (χ3v) is 5.36. The van der Waals surface area contributed by atoms with Gasteiger partial charge in [-0.25, -0.2) is 0 Å². The summed E-state index contributed by atoms with van der Waals surface area (Å²) in [7, 11) is 0. The number of rotatable bonds is 8. The second kappa shape index (κ2) is 11.7. The Balaban J connectivity index is 1.58. The van der Waals surface area contributed by atoms with Gasteiger partial charge in [-0.2, -0.15) is 0 Å². The Kier molecular flexibility index (Phi) is 9.35. The highest BCUT2D eigenvalue weighted by atomic mass is 32.1. The lowest BCUT2D eigenvalue weighted by atomic mass is 10.1. The van der Waals surface area contributed by atoms with Crippen molar-refractivity contribution in [2.24, 2.45) is 0 Å². The van der Waals surface area contributed by atoms with Gasteiger partial charge in [0, 0.05) is 24.5 Å². The maximum Gasteiger partial charge on any atom is 0.170 e. The quantitative estimate of drug-likeness (QED) is 0.335. The molecule has 2 aromatic rings. The highest BCUT2D eigenvalue weighted by Crippen LogP contribution is 2.20. The van der Waals surface area contributed by atoms with Crippen LogP contribution in [0.1, 0.15) is 41.5 Å². The molecule has 0 aromatic heterocycles. The van der Waals surface area contributed by atoms with Gasteiger partial charge in [-0.1, -0.05) is 36.4 Å². The van der Waals surface area contributed by atoms with Crippen LogP contribution < -0.4 is 21.3 Å². The van der Waals surface area contributed by atoms with E-state index in [2.05, 4.69) is 85.4 Å². The van der Waals surface area contributed by atoms with Crippen molar-refractivity contribution in [2.45, 2.75) is 47.0 Å². The summed E-state index contributed by atoms with van der Waals surface area (Å²) < 4.78 is 0. The zero-order valence-corrected chi connectivity index (χ0v) is 19.4. The molecule has 0 saturated carbocycles. The minimum absolute atomic E-state index is 0.680. The number of unbranched alkanes of at least 4 members (excludes halogenated alkanes) is 2. The molecule has 0 fully saturated rings. The summed E-state index contributed by atoms with van der Waals surface area (Å²) in [6.07, 6.45) is 3.23. The van der Waals surface area contributed by atoms with Crippen molar-refractivity contribution in [3.05, 3.63) is 58.7 Å². The zero-order chi connectivity index (χ0) is 21.2. The summed E-state index contributed by atoms with van der Waals surface area (Å²) in [6, 6.07) is 12.5. The fourth-order valence-electron chi connectivity index (χ4n) is 3.17. The molecule has 0 amide bonds. The van der Waals surface area contributed by atoms with Gasteiger partial charge in [0.2, 0.25) is 0 Å². The van der Waals surface area contributed by atoms with Crippen LogP contribution in [0.25, 0.3) is 0 Å². The number of hydrogen-bond acceptors (Lipinski definition) is 2.